The number of nitrogens with one attached hydrogen (secondary N) is 1. The van der Waals surface area contributed by atoms with Crippen molar-refractivity contribution in [3.63, 3.8) is 0 Å². The van der Waals surface area contributed by atoms with Gasteiger partial charge in [0.2, 0.25) is 5.13 Å². The summed E-state index contributed by atoms with van der Waals surface area (Å²) in [6, 6.07) is 4.53. The van der Waals surface area contributed by atoms with Crippen molar-refractivity contribution in [1.82, 2.24) is 4.98 Å². The Morgan fingerprint density at radius 1 is 1.53 bits per heavy atom. The first kappa shape index (κ1) is 11.5. The Morgan fingerprint density at radius 3 is 3.00 bits per heavy atom. The number of nitrogens with zero attached hydrogens (tertiary/aromatic N) is 2. The highest BCUT2D eigenvalue weighted by atomic mass is 32.1. The molecular formula is C11H11FN4S. The Hall–Kier alpha value is -1.95. The summed E-state index contributed by atoms with van der Waals surface area (Å²) in [5.74, 6) is 0.214. The average Bonchev–Trinajstić information content (AvgIpc) is 2.68. The predicted octanol–water partition coefficient (Wildman–Crippen LogP) is 2.62. The van der Waals surface area contributed by atoms with Crippen molar-refractivity contribution in [3.8, 4) is 0 Å². The largest absolute Gasteiger partial charge is 0.383 e. The van der Waals surface area contributed by atoms with E-state index < -0.39 is 0 Å². The second kappa shape index (κ2) is 4.92. The van der Waals surface area contributed by atoms with Crippen LogP contribution in [0.5, 0.6) is 0 Å². The first-order valence-electron chi connectivity index (χ1n) is 4.91. The van der Waals surface area contributed by atoms with Gasteiger partial charge in [0.15, 0.2) is 0 Å². The molecule has 6 heteroatoms. The van der Waals surface area contributed by atoms with Crippen LogP contribution >= 0.6 is 11.3 Å². The van der Waals surface area contributed by atoms with Gasteiger partial charge in [-0.25, -0.2) is 9.37 Å². The SMILES string of the molecule is Cc1cc(F)ccc1C=NNc1nc(N)cs1. The third-order valence-corrected chi connectivity index (χ3v) is 2.88. The third kappa shape index (κ3) is 3.01. The van der Waals surface area contributed by atoms with Crippen LogP contribution in [0.4, 0.5) is 15.3 Å². The van der Waals surface area contributed by atoms with E-state index in [2.05, 4.69) is 15.5 Å². The van der Waals surface area contributed by atoms with Crippen molar-refractivity contribution in [1.29, 1.82) is 0 Å². The minimum Gasteiger partial charge on any atom is -0.383 e. The van der Waals surface area contributed by atoms with E-state index in [1.165, 1.54) is 23.5 Å². The van der Waals surface area contributed by atoms with Gasteiger partial charge in [-0.3, -0.25) is 5.43 Å². The number of nitrogens with two attached hydrogens (primary N) is 1. The van der Waals surface area contributed by atoms with E-state index in [9.17, 15) is 4.39 Å². The molecule has 2 aromatic rings. The van der Waals surface area contributed by atoms with Gasteiger partial charge >= 0.3 is 0 Å². The van der Waals surface area contributed by atoms with E-state index in [4.69, 9.17) is 5.73 Å². The molecule has 0 aliphatic carbocycles. The molecule has 1 aromatic carbocycles. The van der Waals surface area contributed by atoms with Crippen molar-refractivity contribution >= 4 is 28.5 Å². The molecule has 3 N–H and O–H groups in total. The van der Waals surface area contributed by atoms with Gasteiger partial charge < -0.3 is 5.73 Å². The standard InChI is InChI=1S/C11H11FN4S/c1-7-4-9(12)3-2-8(7)5-14-16-11-15-10(13)6-17-11/h2-6H,13H2,1H3,(H,15,16). The Morgan fingerprint density at radius 2 is 2.35 bits per heavy atom. The molecule has 0 saturated carbocycles. The van der Waals surface area contributed by atoms with Gasteiger partial charge in [-0.05, 0) is 30.2 Å². The zero-order valence-corrected chi connectivity index (χ0v) is 9.96. The van der Waals surface area contributed by atoms with E-state index in [0.29, 0.717) is 10.9 Å². The van der Waals surface area contributed by atoms with Crippen molar-refractivity contribution in [2.24, 2.45) is 5.10 Å². The maximum Gasteiger partial charge on any atom is 0.205 e. The van der Waals surface area contributed by atoms with Crippen LogP contribution in [0.1, 0.15) is 11.1 Å². The van der Waals surface area contributed by atoms with Crippen LogP contribution < -0.4 is 11.2 Å². The van der Waals surface area contributed by atoms with Crippen molar-refractivity contribution in [2.45, 2.75) is 6.92 Å². The number of hydrazone groups is 1. The highest BCUT2D eigenvalue weighted by Crippen LogP contribution is 2.16. The van der Waals surface area contributed by atoms with E-state index >= 15 is 0 Å². The minimum absolute atomic E-state index is 0.250. The Kier molecular flexibility index (Phi) is 3.34. The maximum absolute atomic E-state index is 12.9. The molecule has 0 bridgehead atoms. The van der Waals surface area contributed by atoms with Crippen LogP contribution in [0.15, 0.2) is 28.7 Å². The summed E-state index contributed by atoms with van der Waals surface area (Å²) >= 11 is 1.37. The zero-order chi connectivity index (χ0) is 12.3. The monoisotopic (exact) mass is 250 g/mol. The smallest absolute Gasteiger partial charge is 0.205 e. The molecule has 0 amide bonds. The number of thiazole rings is 1. The molecule has 0 radical (unpaired) electrons. The lowest BCUT2D eigenvalue weighted by Gasteiger charge is -1.99. The topological polar surface area (TPSA) is 63.3 Å². The molecule has 4 nitrogen and oxygen atoms in total. The average molecular weight is 250 g/mol. The molecule has 88 valence electrons. The number of anilines is 2. The van der Waals surface area contributed by atoms with Gasteiger partial charge in [-0.2, -0.15) is 5.10 Å². The van der Waals surface area contributed by atoms with Gasteiger partial charge in [-0.1, -0.05) is 6.07 Å². The molecule has 0 aliphatic rings. The normalized spacial score (nSPS) is 10.9. The summed E-state index contributed by atoms with van der Waals surface area (Å²) in [5, 5.41) is 6.36. The first-order valence-corrected chi connectivity index (χ1v) is 5.79. The van der Waals surface area contributed by atoms with Crippen molar-refractivity contribution < 1.29 is 4.39 Å². The number of benzene rings is 1. The van der Waals surface area contributed by atoms with Crippen LogP contribution in [-0.2, 0) is 0 Å². The fourth-order valence-corrected chi connectivity index (χ4v) is 1.83. The van der Waals surface area contributed by atoms with Crippen LogP contribution in [0, 0.1) is 12.7 Å². The van der Waals surface area contributed by atoms with Crippen LogP contribution in [0.3, 0.4) is 0 Å². The van der Waals surface area contributed by atoms with Gasteiger partial charge in [0, 0.05) is 5.38 Å². The lowest BCUT2D eigenvalue weighted by Crippen LogP contribution is -1.93. The van der Waals surface area contributed by atoms with Gasteiger partial charge in [-0.15, -0.1) is 11.3 Å². The van der Waals surface area contributed by atoms with Crippen molar-refractivity contribution in [2.75, 3.05) is 11.2 Å². The summed E-state index contributed by atoms with van der Waals surface area (Å²) in [4.78, 5) is 3.99. The van der Waals surface area contributed by atoms with E-state index in [-0.39, 0.29) is 5.82 Å². The first-order chi connectivity index (χ1) is 8.15. The summed E-state index contributed by atoms with van der Waals surface area (Å²) in [7, 11) is 0. The molecule has 2 rings (SSSR count). The molecule has 0 unspecified atom stereocenters. The predicted molar refractivity (Wildman–Crippen MR) is 68.9 cm³/mol. The summed E-state index contributed by atoms with van der Waals surface area (Å²) in [5.41, 5.74) is 9.91. The Bertz CT molecular complexity index is 550. The van der Waals surface area contributed by atoms with E-state index in [1.807, 2.05) is 6.92 Å². The number of aromatic nitrogens is 1. The third-order valence-electron chi connectivity index (χ3n) is 2.12. The van der Waals surface area contributed by atoms with Gasteiger partial charge in [0.05, 0.1) is 6.21 Å². The minimum atomic E-state index is -0.250. The Balaban J connectivity index is 2.05. The highest BCUT2D eigenvalue weighted by Gasteiger charge is 1.98. The Labute approximate surface area is 102 Å². The van der Waals surface area contributed by atoms with E-state index in [0.717, 1.165) is 11.1 Å². The lowest BCUT2D eigenvalue weighted by molar-refractivity contribution is 0.626. The number of hydrogen-bond acceptors (Lipinski definition) is 5. The lowest BCUT2D eigenvalue weighted by atomic mass is 10.1. The molecule has 0 fully saturated rings. The number of rotatable bonds is 3. The summed E-state index contributed by atoms with van der Waals surface area (Å²) < 4.78 is 12.9. The van der Waals surface area contributed by atoms with Gasteiger partial charge in [0.1, 0.15) is 11.6 Å². The number of aryl methyl sites for hydroxylation is 1. The summed E-state index contributed by atoms with van der Waals surface area (Å²) in [6.45, 7) is 1.83. The fraction of sp³-hybridized carbons (Fsp3) is 0.0909. The van der Waals surface area contributed by atoms with Crippen LogP contribution in [-0.4, -0.2) is 11.2 Å². The summed E-state index contributed by atoms with van der Waals surface area (Å²) in [6.07, 6.45) is 1.62. The zero-order valence-electron chi connectivity index (χ0n) is 9.14. The molecule has 0 atom stereocenters. The second-order valence-corrected chi connectivity index (χ2v) is 4.31. The second-order valence-electron chi connectivity index (χ2n) is 3.45. The highest BCUT2D eigenvalue weighted by molar-refractivity contribution is 7.14. The number of nitrogen functional groups attached to an aromatic ring is 1. The van der Waals surface area contributed by atoms with Crippen molar-refractivity contribution in [3.05, 3.63) is 40.5 Å². The molecule has 17 heavy (non-hydrogen) atoms. The quantitative estimate of drug-likeness (QED) is 0.650. The number of halogens is 1. The molecule has 1 heterocycles. The molecule has 0 aliphatic heterocycles. The van der Waals surface area contributed by atoms with Crippen LogP contribution in [0.25, 0.3) is 0 Å². The van der Waals surface area contributed by atoms with Crippen LogP contribution in [0.2, 0.25) is 0 Å². The van der Waals surface area contributed by atoms with Gasteiger partial charge in [0.25, 0.3) is 0 Å². The maximum atomic E-state index is 12.9. The molecule has 0 spiro atoms. The number of hydrogen-bond donors (Lipinski definition) is 2. The molecule has 0 saturated heterocycles. The molecule has 1 aromatic heterocycles. The fourth-order valence-electron chi connectivity index (χ4n) is 1.28. The molecular weight excluding hydrogens is 239 g/mol. The van der Waals surface area contributed by atoms with E-state index in [1.54, 1.807) is 17.7 Å².